The van der Waals surface area contributed by atoms with E-state index in [0.717, 1.165) is 36.6 Å². The molecule has 2 aliphatic heterocycles. The maximum absolute atomic E-state index is 13.3. The van der Waals surface area contributed by atoms with Gasteiger partial charge in [-0.3, -0.25) is 9.59 Å². The number of hydrogen-bond acceptors (Lipinski definition) is 4. The molecule has 3 heterocycles. The fourth-order valence-electron chi connectivity index (χ4n) is 4.83. The van der Waals surface area contributed by atoms with Gasteiger partial charge in [0.15, 0.2) is 0 Å². The van der Waals surface area contributed by atoms with Gasteiger partial charge in [0.1, 0.15) is 5.75 Å². The zero-order chi connectivity index (χ0) is 22.1. The number of fused-ring (bicyclic) bond motifs is 1. The number of anilines is 1. The van der Waals surface area contributed by atoms with Crippen LogP contribution in [0.3, 0.4) is 0 Å². The molecule has 0 spiro atoms. The fourth-order valence-corrected chi connectivity index (χ4v) is 4.83. The number of aromatic nitrogens is 1. The first-order valence-electron chi connectivity index (χ1n) is 11.1. The van der Waals surface area contributed by atoms with Crippen molar-refractivity contribution in [1.82, 2.24) is 9.47 Å². The van der Waals surface area contributed by atoms with Gasteiger partial charge in [-0.1, -0.05) is 30.3 Å². The predicted octanol–water partition coefficient (Wildman–Crippen LogP) is 3.56. The number of piperazine rings is 1. The Kier molecular flexibility index (Phi) is 5.43. The summed E-state index contributed by atoms with van der Waals surface area (Å²) in [6.07, 6.45) is 0.753. The van der Waals surface area contributed by atoms with Crippen molar-refractivity contribution in [2.75, 3.05) is 38.2 Å². The van der Waals surface area contributed by atoms with Crippen LogP contribution in [0.4, 0.5) is 5.69 Å². The van der Waals surface area contributed by atoms with Crippen LogP contribution < -0.4 is 9.64 Å². The van der Waals surface area contributed by atoms with Crippen molar-refractivity contribution < 1.29 is 14.3 Å². The Bertz CT molecular complexity index is 1110. The summed E-state index contributed by atoms with van der Waals surface area (Å²) in [5, 5.41) is 0. The SMILES string of the molecule is COc1ccc(N2CCN(C(=O)[C@@H]3CCn4c(C(=O)c5ccccc5)ccc43)CC2)cc1. The van der Waals surface area contributed by atoms with Crippen molar-refractivity contribution >= 4 is 17.4 Å². The molecule has 0 radical (unpaired) electrons. The number of ketones is 1. The van der Waals surface area contributed by atoms with Crippen LogP contribution in [0.2, 0.25) is 0 Å². The summed E-state index contributed by atoms with van der Waals surface area (Å²) in [4.78, 5) is 30.5. The molecular weight excluding hydrogens is 402 g/mol. The average Bonchev–Trinajstić information content (AvgIpc) is 3.46. The minimum absolute atomic E-state index is 0.0121. The molecule has 1 saturated heterocycles. The first-order valence-corrected chi connectivity index (χ1v) is 11.1. The Morgan fingerprint density at radius 3 is 2.25 bits per heavy atom. The van der Waals surface area contributed by atoms with Crippen molar-refractivity contribution in [3.63, 3.8) is 0 Å². The molecule has 0 bridgehead atoms. The lowest BCUT2D eigenvalue weighted by atomic mass is 10.0. The van der Waals surface area contributed by atoms with Crippen LogP contribution in [0, 0.1) is 0 Å². The van der Waals surface area contributed by atoms with Gasteiger partial charge in [0.2, 0.25) is 11.7 Å². The van der Waals surface area contributed by atoms with Crippen molar-refractivity contribution in [2.45, 2.75) is 18.9 Å². The van der Waals surface area contributed by atoms with Crippen LogP contribution in [0.5, 0.6) is 5.75 Å². The van der Waals surface area contributed by atoms with Gasteiger partial charge < -0.3 is 19.1 Å². The lowest BCUT2D eigenvalue weighted by molar-refractivity contribution is -0.133. The molecule has 32 heavy (non-hydrogen) atoms. The molecule has 5 rings (SSSR count). The number of methoxy groups -OCH3 is 1. The first-order chi connectivity index (χ1) is 15.7. The van der Waals surface area contributed by atoms with E-state index in [2.05, 4.69) is 17.0 Å². The third kappa shape index (κ3) is 3.66. The van der Waals surface area contributed by atoms with Gasteiger partial charge in [-0.05, 0) is 42.8 Å². The van der Waals surface area contributed by atoms with E-state index >= 15 is 0 Å². The second kappa shape index (κ2) is 8.54. The standard InChI is InChI=1S/C26H27N3O3/c1-32-21-9-7-20(8-10-21)27-15-17-28(18-16-27)26(31)22-13-14-29-23(22)11-12-24(29)25(30)19-5-3-2-4-6-19/h2-12,22H,13-18H2,1H3/t22-/m1/s1. The zero-order valence-corrected chi connectivity index (χ0v) is 18.2. The molecule has 0 saturated carbocycles. The number of carbonyl (C=O) groups is 2. The van der Waals surface area contributed by atoms with E-state index in [9.17, 15) is 9.59 Å². The van der Waals surface area contributed by atoms with Crippen molar-refractivity contribution in [3.05, 3.63) is 83.7 Å². The monoisotopic (exact) mass is 429 g/mol. The summed E-state index contributed by atoms with van der Waals surface area (Å²) in [7, 11) is 1.67. The minimum atomic E-state index is -0.167. The van der Waals surface area contributed by atoms with Gasteiger partial charge in [-0.25, -0.2) is 0 Å². The van der Waals surface area contributed by atoms with Gasteiger partial charge in [0, 0.05) is 49.7 Å². The Morgan fingerprint density at radius 1 is 0.844 bits per heavy atom. The fraction of sp³-hybridized carbons (Fsp3) is 0.308. The van der Waals surface area contributed by atoms with Gasteiger partial charge >= 0.3 is 0 Å². The highest BCUT2D eigenvalue weighted by molar-refractivity contribution is 6.08. The normalized spacial score (nSPS) is 17.8. The predicted molar refractivity (Wildman–Crippen MR) is 123 cm³/mol. The summed E-state index contributed by atoms with van der Waals surface area (Å²) >= 11 is 0. The molecule has 6 nitrogen and oxygen atoms in total. The highest BCUT2D eigenvalue weighted by Gasteiger charge is 2.35. The Balaban J connectivity index is 1.25. The summed E-state index contributed by atoms with van der Waals surface area (Å²) in [6.45, 7) is 3.74. The molecule has 164 valence electrons. The van der Waals surface area contributed by atoms with Crippen LogP contribution in [0.1, 0.15) is 34.1 Å². The van der Waals surface area contributed by atoms with E-state index < -0.39 is 0 Å². The average molecular weight is 430 g/mol. The third-order valence-electron chi connectivity index (χ3n) is 6.61. The van der Waals surface area contributed by atoms with Crippen LogP contribution in [-0.2, 0) is 11.3 Å². The molecule has 1 atom stereocenters. The van der Waals surface area contributed by atoms with E-state index in [-0.39, 0.29) is 17.6 Å². The summed E-state index contributed by atoms with van der Waals surface area (Å²) in [5.41, 5.74) is 3.47. The maximum Gasteiger partial charge on any atom is 0.231 e. The largest absolute Gasteiger partial charge is 0.497 e. The number of hydrogen-bond donors (Lipinski definition) is 0. The molecule has 2 aliphatic rings. The molecule has 6 heteroatoms. The number of carbonyl (C=O) groups excluding carboxylic acids is 2. The van der Waals surface area contributed by atoms with E-state index in [4.69, 9.17) is 4.74 Å². The van der Waals surface area contributed by atoms with Crippen LogP contribution in [-0.4, -0.2) is 54.4 Å². The highest BCUT2D eigenvalue weighted by atomic mass is 16.5. The van der Waals surface area contributed by atoms with Crippen LogP contribution in [0.15, 0.2) is 66.7 Å². The lowest BCUT2D eigenvalue weighted by Gasteiger charge is -2.37. The lowest BCUT2D eigenvalue weighted by Crippen LogP contribution is -2.50. The minimum Gasteiger partial charge on any atom is -0.497 e. The quantitative estimate of drug-likeness (QED) is 0.582. The van der Waals surface area contributed by atoms with E-state index in [1.807, 2.05) is 64.1 Å². The summed E-state index contributed by atoms with van der Waals surface area (Å²) in [5.74, 6) is 0.866. The molecule has 1 fully saturated rings. The van der Waals surface area contributed by atoms with Gasteiger partial charge in [0.05, 0.1) is 18.7 Å². The second-order valence-electron chi connectivity index (χ2n) is 8.34. The molecule has 3 aromatic rings. The number of ether oxygens (including phenoxy) is 1. The number of amides is 1. The van der Waals surface area contributed by atoms with Crippen molar-refractivity contribution in [2.24, 2.45) is 0 Å². The van der Waals surface area contributed by atoms with E-state index in [1.165, 1.54) is 0 Å². The van der Waals surface area contributed by atoms with Crippen molar-refractivity contribution in [3.8, 4) is 5.75 Å². The second-order valence-corrected chi connectivity index (χ2v) is 8.34. The molecule has 1 aromatic heterocycles. The smallest absolute Gasteiger partial charge is 0.231 e. The van der Waals surface area contributed by atoms with E-state index in [1.54, 1.807) is 7.11 Å². The highest BCUT2D eigenvalue weighted by Crippen LogP contribution is 2.33. The van der Waals surface area contributed by atoms with Gasteiger partial charge in [0.25, 0.3) is 0 Å². The van der Waals surface area contributed by atoms with Crippen LogP contribution in [0.25, 0.3) is 0 Å². The Morgan fingerprint density at radius 2 is 1.56 bits per heavy atom. The number of rotatable bonds is 5. The molecular formula is C26H27N3O3. The molecule has 2 aromatic carbocycles. The Labute approximate surface area is 188 Å². The molecule has 0 aliphatic carbocycles. The summed E-state index contributed by atoms with van der Waals surface area (Å²) < 4.78 is 7.27. The van der Waals surface area contributed by atoms with Crippen molar-refractivity contribution in [1.29, 1.82) is 0 Å². The third-order valence-corrected chi connectivity index (χ3v) is 6.61. The van der Waals surface area contributed by atoms with Gasteiger partial charge in [-0.2, -0.15) is 0 Å². The number of benzene rings is 2. The molecule has 0 N–H and O–H groups in total. The number of nitrogens with zero attached hydrogens (tertiary/aromatic N) is 3. The first kappa shape index (κ1) is 20.4. The van der Waals surface area contributed by atoms with Gasteiger partial charge in [-0.15, -0.1) is 0 Å². The maximum atomic E-state index is 13.3. The topological polar surface area (TPSA) is 54.8 Å². The van der Waals surface area contributed by atoms with E-state index in [0.29, 0.717) is 30.9 Å². The molecule has 0 unspecified atom stereocenters. The summed E-state index contributed by atoms with van der Waals surface area (Å²) in [6, 6.07) is 21.2. The zero-order valence-electron chi connectivity index (χ0n) is 18.2. The molecule has 1 amide bonds. The van der Waals surface area contributed by atoms with Crippen LogP contribution >= 0.6 is 0 Å². The Hall–Kier alpha value is -3.54.